The first-order chi connectivity index (χ1) is 11.6. The Morgan fingerprint density at radius 2 is 1.88 bits per heavy atom. The van der Waals surface area contributed by atoms with E-state index in [0.29, 0.717) is 17.6 Å². The highest BCUT2D eigenvalue weighted by Gasteiger charge is 2.37. The lowest BCUT2D eigenvalue weighted by Crippen LogP contribution is -2.28. The van der Waals surface area contributed by atoms with Gasteiger partial charge in [0.25, 0.3) is 5.91 Å². The maximum Gasteiger partial charge on any atom is 0.254 e. The van der Waals surface area contributed by atoms with Gasteiger partial charge in [-0.05, 0) is 30.7 Å². The Labute approximate surface area is 138 Å². The molecule has 1 aliphatic rings. The molecule has 0 radical (unpaired) electrons. The first kappa shape index (κ1) is 14.6. The van der Waals surface area contributed by atoms with Crippen molar-refractivity contribution >= 4 is 28.5 Å². The van der Waals surface area contributed by atoms with Gasteiger partial charge in [-0.2, -0.15) is 4.68 Å². The molecule has 6 heteroatoms. The van der Waals surface area contributed by atoms with E-state index < -0.39 is 5.92 Å². The Kier molecular flexibility index (Phi) is 3.37. The normalized spacial score (nSPS) is 17.6. The lowest BCUT2D eigenvalue weighted by molar-refractivity contribution is -0.117. The minimum absolute atomic E-state index is 0.0351. The molecule has 0 saturated carbocycles. The van der Waals surface area contributed by atoms with Crippen LogP contribution in [-0.2, 0) is 4.79 Å². The quantitative estimate of drug-likeness (QED) is 0.727. The Bertz CT molecular complexity index is 947. The SMILES string of the molecule is Cc1ccccc1N1CC(C(=O)n2nnc3ccccc32)CC1=O. The van der Waals surface area contributed by atoms with Gasteiger partial charge in [0.05, 0.1) is 11.4 Å². The molecule has 4 rings (SSSR count). The number of fused-ring (bicyclic) bond motifs is 1. The zero-order valence-electron chi connectivity index (χ0n) is 13.2. The topological polar surface area (TPSA) is 68.1 Å². The highest BCUT2D eigenvalue weighted by Crippen LogP contribution is 2.28. The van der Waals surface area contributed by atoms with E-state index in [1.165, 1.54) is 4.68 Å². The van der Waals surface area contributed by atoms with Crippen molar-refractivity contribution in [1.29, 1.82) is 0 Å². The number of hydrogen-bond acceptors (Lipinski definition) is 4. The molecule has 0 bridgehead atoms. The van der Waals surface area contributed by atoms with Gasteiger partial charge in [-0.1, -0.05) is 35.5 Å². The fraction of sp³-hybridized carbons (Fsp3) is 0.222. The van der Waals surface area contributed by atoms with Crippen LogP contribution in [0.4, 0.5) is 5.69 Å². The van der Waals surface area contributed by atoms with Crippen molar-refractivity contribution in [3.8, 4) is 0 Å². The molecule has 1 saturated heterocycles. The molecule has 2 aromatic carbocycles. The Morgan fingerprint density at radius 3 is 2.71 bits per heavy atom. The molecule has 120 valence electrons. The summed E-state index contributed by atoms with van der Waals surface area (Å²) in [6.07, 6.45) is 0.196. The highest BCUT2D eigenvalue weighted by molar-refractivity contribution is 6.02. The van der Waals surface area contributed by atoms with Crippen LogP contribution in [0.15, 0.2) is 48.5 Å². The van der Waals surface area contributed by atoms with Crippen molar-refractivity contribution < 1.29 is 9.59 Å². The number of aryl methyl sites for hydroxylation is 1. The van der Waals surface area contributed by atoms with Gasteiger partial charge in [0.2, 0.25) is 5.91 Å². The molecule has 1 fully saturated rings. The summed E-state index contributed by atoms with van der Waals surface area (Å²) < 4.78 is 1.31. The summed E-state index contributed by atoms with van der Waals surface area (Å²) >= 11 is 0. The fourth-order valence-electron chi connectivity index (χ4n) is 3.18. The molecule has 24 heavy (non-hydrogen) atoms. The van der Waals surface area contributed by atoms with Gasteiger partial charge in [-0.25, -0.2) is 0 Å². The number of aromatic nitrogens is 3. The third-order valence-electron chi connectivity index (χ3n) is 4.44. The maximum atomic E-state index is 12.8. The second-order valence-electron chi connectivity index (χ2n) is 6.02. The van der Waals surface area contributed by atoms with Crippen LogP contribution in [0, 0.1) is 12.8 Å². The molecule has 1 amide bonds. The Hall–Kier alpha value is -3.02. The molecular weight excluding hydrogens is 304 g/mol. The number of rotatable bonds is 2. The van der Waals surface area contributed by atoms with Gasteiger partial charge >= 0.3 is 0 Å². The third-order valence-corrected chi connectivity index (χ3v) is 4.44. The van der Waals surface area contributed by atoms with Gasteiger partial charge in [-0.15, -0.1) is 5.10 Å². The van der Waals surface area contributed by atoms with Crippen molar-refractivity contribution in [2.24, 2.45) is 5.92 Å². The Balaban J connectivity index is 1.63. The molecule has 3 aromatic rings. The predicted octanol–water partition coefficient (Wildman–Crippen LogP) is 2.43. The summed E-state index contributed by atoms with van der Waals surface area (Å²) in [4.78, 5) is 26.9. The summed E-state index contributed by atoms with van der Waals surface area (Å²) in [5, 5.41) is 7.98. The third kappa shape index (κ3) is 2.27. The first-order valence-electron chi connectivity index (χ1n) is 7.86. The van der Waals surface area contributed by atoms with E-state index in [4.69, 9.17) is 0 Å². The molecule has 1 aromatic heterocycles. The summed E-state index contributed by atoms with van der Waals surface area (Å²) in [7, 11) is 0. The molecule has 1 aliphatic heterocycles. The minimum atomic E-state index is -0.415. The lowest BCUT2D eigenvalue weighted by atomic mass is 10.1. The van der Waals surface area contributed by atoms with Crippen LogP contribution in [0.3, 0.4) is 0 Å². The van der Waals surface area contributed by atoms with Crippen LogP contribution < -0.4 is 4.90 Å². The number of carbonyl (C=O) groups is 2. The second-order valence-corrected chi connectivity index (χ2v) is 6.02. The number of nitrogens with zero attached hydrogens (tertiary/aromatic N) is 4. The molecular formula is C18H16N4O2. The van der Waals surface area contributed by atoms with Crippen LogP contribution in [0.25, 0.3) is 11.0 Å². The monoisotopic (exact) mass is 320 g/mol. The summed E-state index contributed by atoms with van der Waals surface area (Å²) in [6, 6.07) is 15.0. The van der Waals surface area contributed by atoms with Crippen molar-refractivity contribution in [3.63, 3.8) is 0 Å². The summed E-state index contributed by atoms with van der Waals surface area (Å²) in [6.45, 7) is 2.33. The van der Waals surface area contributed by atoms with Gasteiger partial charge in [0, 0.05) is 18.7 Å². The average Bonchev–Trinajstić information content (AvgIpc) is 3.18. The summed E-state index contributed by atoms with van der Waals surface area (Å²) in [5.41, 5.74) is 3.22. The van der Waals surface area contributed by atoms with Crippen molar-refractivity contribution in [2.75, 3.05) is 11.4 Å². The maximum absolute atomic E-state index is 12.8. The average molecular weight is 320 g/mol. The van der Waals surface area contributed by atoms with Crippen LogP contribution in [-0.4, -0.2) is 33.4 Å². The predicted molar refractivity (Wildman–Crippen MR) is 89.8 cm³/mol. The van der Waals surface area contributed by atoms with Crippen molar-refractivity contribution in [2.45, 2.75) is 13.3 Å². The molecule has 6 nitrogen and oxygen atoms in total. The molecule has 1 atom stereocenters. The van der Waals surface area contributed by atoms with Gasteiger partial charge in [0.15, 0.2) is 0 Å². The molecule has 1 unspecified atom stereocenters. The van der Waals surface area contributed by atoms with Gasteiger partial charge in [-0.3, -0.25) is 9.59 Å². The molecule has 2 heterocycles. The number of amides is 1. The number of benzene rings is 2. The van der Waals surface area contributed by atoms with Crippen molar-refractivity contribution in [1.82, 2.24) is 15.0 Å². The van der Waals surface area contributed by atoms with E-state index in [2.05, 4.69) is 10.3 Å². The first-order valence-corrected chi connectivity index (χ1v) is 7.86. The number of anilines is 1. The number of carbonyl (C=O) groups excluding carboxylic acids is 2. The van der Waals surface area contributed by atoms with Crippen LogP contribution in [0.1, 0.15) is 16.8 Å². The largest absolute Gasteiger partial charge is 0.311 e. The highest BCUT2D eigenvalue weighted by atomic mass is 16.2. The van der Waals surface area contributed by atoms with E-state index in [1.807, 2.05) is 55.5 Å². The van der Waals surface area contributed by atoms with Crippen LogP contribution in [0.2, 0.25) is 0 Å². The van der Waals surface area contributed by atoms with Gasteiger partial charge in [0.1, 0.15) is 5.52 Å². The molecule has 0 aliphatic carbocycles. The van der Waals surface area contributed by atoms with E-state index in [1.54, 1.807) is 4.90 Å². The lowest BCUT2D eigenvalue weighted by Gasteiger charge is -2.18. The van der Waals surface area contributed by atoms with E-state index in [9.17, 15) is 9.59 Å². The van der Waals surface area contributed by atoms with Crippen LogP contribution in [0.5, 0.6) is 0 Å². The second kappa shape index (κ2) is 5.56. The molecule has 0 spiro atoms. The van der Waals surface area contributed by atoms with Crippen LogP contribution >= 0.6 is 0 Å². The summed E-state index contributed by atoms with van der Waals surface area (Å²) in [5.74, 6) is -0.637. The Morgan fingerprint density at radius 1 is 1.12 bits per heavy atom. The van der Waals surface area contributed by atoms with E-state index >= 15 is 0 Å². The zero-order chi connectivity index (χ0) is 16.7. The number of hydrogen-bond donors (Lipinski definition) is 0. The number of para-hydroxylation sites is 2. The zero-order valence-corrected chi connectivity index (χ0v) is 13.2. The van der Waals surface area contributed by atoms with E-state index in [0.717, 1.165) is 11.3 Å². The van der Waals surface area contributed by atoms with Crippen molar-refractivity contribution in [3.05, 3.63) is 54.1 Å². The standard InChI is InChI=1S/C18H16N4O2/c1-12-6-2-4-8-15(12)21-11-13(10-17(21)23)18(24)22-16-9-5-3-7-14(16)19-20-22/h2-9,13H,10-11H2,1H3. The smallest absolute Gasteiger partial charge is 0.254 e. The fourth-order valence-corrected chi connectivity index (χ4v) is 3.18. The van der Waals surface area contributed by atoms with Gasteiger partial charge < -0.3 is 4.90 Å². The molecule has 0 N–H and O–H groups in total. The minimum Gasteiger partial charge on any atom is -0.311 e. The van der Waals surface area contributed by atoms with E-state index in [-0.39, 0.29) is 18.2 Å².